The van der Waals surface area contributed by atoms with Crippen molar-refractivity contribution in [1.29, 1.82) is 0 Å². The van der Waals surface area contributed by atoms with E-state index in [-0.39, 0.29) is 12.5 Å². The van der Waals surface area contributed by atoms with Crippen LogP contribution in [-0.2, 0) is 14.3 Å². The average Bonchev–Trinajstić information content (AvgIpc) is 2.45. The van der Waals surface area contributed by atoms with Crippen molar-refractivity contribution in [2.75, 3.05) is 18.9 Å². The summed E-state index contributed by atoms with van der Waals surface area (Å²) in [6.45, 7) is 5.21. The minimum atomic E-state index is -0.456. The molecular weight excluding hydrogens is 296 g/mol. The van der Waals surface area contributed by atoms with Crippen LogP contribution in [0.5, 0.6) is 0 Å². The van der Waals surface area contributed by atoms with Gasteiger partial charge < -0.3 is 10.1 Å². The zero-order chi connectivity index (χ0) is 14.8. The minimum Gasteiger partial charge on any atom is -0.463 e. The van der Waals surface area contributed by atoms with Gasteiger partial charge in [0.25, 0.3) is 0 Å². The first kappa shape index (κ1) is 16.6. The number of carbonyl (C=O) groups is 2. The maximum absolute atomic E-state index is 11.3. The molecule has 1 aromatic heterocycles. The third kappa shape index (κ3) is 7.20. The third-order valence-electron chi connectivity index (χ3n) is 1.99. The van der Waals surface area contributed by atoms with Crippen LogP contribution in [0.3, 0.4) is 0 Å². The standard InChI is InChI=1S/C13H16N2O3S2/c1-10(2)13(17)15-9-12(16)18-7-8-19-20-11-5-3-4-6-14-11/h3-6H,1,7-9H2,2H3,(H,15,17). The van der Waals surface area contributed by atoms with Gasteiger partial charge in [-0.2, -0.15) is 0 Å². The second kappa shape index (κ2) is 9.44. The zero-order valence-electron chi connectivity index (χ0n) is 11.1. The van der Waals surface area contributed by atoms with Gasteiger partial charge in [-0.1, -0.05) is 23.4 Å². The van der Waals surface area contributed by atoms with Crippen LogP contribution in [0, 0.1) is 0 Å². The van der Waals surface area contributed by atoms with Crippen molar-refractivity contribution >= 4 is 33.5 Å². The normalized spacial score (nSPS) is 9.85. The lowest BCUT2D eigenvalue weighted by Crippen LogP contribution is -2.31. The monoisotopic (exact) mass is 312 g/mol. The number of nitrogens with one attached hydrogen (secondary N) is 1. The molecule has 0 fully saturated rings. The molecule has 108 valence electrons. The molecule has 0 atom stereocenters. The Kier molecular flexibility index (Phi) is 7.82. The number of nitrogens with zero attached hydrogens (tertiary/aromatic N) is 1. The van der Waals surface area contributed by atoms with Gasteiger partial charge in [-0.15, -0.1) is 0 Å². The van der Waals surface area contributed by atoms with Gasteiger partial charge in [0.05, 0.1) is 0 Å². The van der Waals surface area contributed by atoms with E-state index in [0.717, 1.165) is 5.03 Å². The Morgan fingerprint density at radius 1 is 1.45 bits per heavy atom. The van der Waals surface area contributed by atoms with Gasteiger partial charge >= 0.3 is 5.97 Å². The first-order valence-electron chi connectivity index (χ1n) is 5.89. The highest BCUT2D eigenvalue weighted by atomic mass is 33.1. The van der Waals surface area contributed by atoms with Gasteiger partial charge in [0, 0.05) is 17.5 Å². The van der Waals surface area contributed by atoms with Gasteiger partial charge in [0.1, 0.15) is 18.2 Å². The molecule has 5 nitrogen and oxygen atoms in total. The molecule has 0 saturated heterocycles. The average molecular weight is 312 g/mol. The summed E-state index contributed by atoms with van der Waals surface area (Å²) in [5.74, 6) is -0.147. The predicted octanol–water partition coefficient (Wildman–Crippen LogP) is 2.06. The largest absolute Gasteiger partial charge is 0.463 e. The maximum Gasteiger partial charge on any atom is 0.325 e. The first-order chi connectivity index (χ1) is 9.59. The number of pyridine rings is 1. The van der Waals surface area contributed by atoms with E-state index >= 15 is 0 Å². The molecule has 0 bridgehead atoms. The van der Waals surface area contributed by atoms with E-state index in [9.17, 15) is 9.59 Å². The lowest BCUT2D eigenvalue weighted by atomic mass is 10.3. The number of ether oxygens (including phenoxy) is 1. The van der Waals surface area contributed by atoms with E-state index in [2.05, 4.69) is 16.9 Å². The van der Waals surface area contributed by atoms with E-state index in [1.54, 1.807) is 23.9 Å². The smallest absolute Gasteiger partial charge is 0.325 e. The van der Waals surface area contributed by atoms with Crippen LogP contribution in [0.4, 0.5) is 0 Å². The molecule has 20 heavy (non-hydrogen) atoms. The number of rotatable bonds is 8. The molecule has 0 aliphatic carbocycles. The summed E-state index contributed by atoms with van der Waals surface area (Å²) >= 11 is 0. The first-order valence-corrected chi connectivity index (χ1v) is 8.21. The van der Waals surface area contributed by atoms with Crippen molar-refractivity contribution in [2.45, 2.75) is 11.9 Å². The molecule has 1 amide bonds. The molecule has 0 aliphatic heterocycles. The topological polar surface area (TPSA) is 68.3 Å². The minimum absolute atomic E-state index is 0.135. The van der Waals surface area contributed by atoms with Gasteiger partial charge in [-0.25, -0.2) is 4.98 Å². The van der Waals surface area contributed by atoms with Crippen molar-refractivity contribution in [3.05, 3.63) is 36.5 Å². The second-order valence-corrected chi connectivity index (χ2v) is 6.19. The summed E-state index contributed by atoms with van der Waals surface area (Å²) in [4.78, 5) is 26.6. The van der Waals surface area contributed by atoms with Crippen LogP contribution in [-0.4, -0.2) is 35.8 Å². The third-order valence-corrected chi connectivity index (χ3v) is 4.22. The van der Waals surface area contributed by atoms with Gasteiger partial charge in [0.15, 0.2) is 0 Å². The summed E-state index contributed by atoms with van der Waals surface area (Å²) in [5, 5.41) is 3.33. The fourth-order valence-electron chi connectivity index (χ4n) is 1.04. The lowest BCUT2D eigenvalue weighted by Gasteiger charge is -2.05. The number of amides is 1. The summed E-state index contributed by atoms with van der Waals surface area (Å²) < 4.78 is 4.97. The quantitative estimate of drug-likeness (QED) is 0.343. The fourth-order valence-corrected chi connectivity index (χ4v) is 2.75. The molecular formula is C13H16N2O3S2. The van der Waals surface area contributed by atoms with Gasteiger partial charge in [-0.05, 0) is 29.9 Å². The second-order valence-electron chi connectivity index (χ2n) is 3.76. The van der Waals surface area contributed by atoms with Crippen LogP contribution in [0.25, 0.3) is 0 Å². The molecule has 1 heterocycles. The maximum atomic E-state index is 11.3. The number of hydrogen-bond acceptors (Lipinski definition) is 6. The number of hydrogen-bond donors (Lipinski definition) is 1. The molecule has 7 heteroatoms. The Morgan fingerprint density at radius 3 is 2.90 bits per heavy atom. The molecule has 0 radical (unpaired) electrons. The molecule has 0 saturated carbocycles. The molecule has 0 aromatic carbocycles. The van der Waals surface area contributed by atoms with E-state index in [0.29, 0.717) is 17.9 Å². The highest BCUT2D eigenvalue weighted by molar-refractivity contribution is 8.76. The molecule has 0 unspecified atom stereocenters. The van der Waals surface area contributed by atoms with Crippen molar-refractivity contribution < 1.29 is 14.3 Å². The van der Waals surface area contributed by atoms with Crippen LogP contribution < -0.4 is 5.32 Å². The number of aromatic nitrogens is 1. The Bertz CT molecular complexity index is 466. The molecule has 1 N–H and O–H groups in total. The molecule has 0 aliphatic rings. The summed E-state index contributed by atoms with van der Waals surface area (Å²) in [6, 6.07) is 5.69. The summed E-state index contributed by atoms with van der Waals surface area (Å²) in [5.41, 5.74) is 0.361. The van der Waals surface area contributed by atoms with Crippen LogP contribution >= 0.6 is 21.6 Å². The van der Waals surface area contributed by atoms with Crippen LogP contribution in [0.2, 0.25) is 0 Å². The molecule has 1 rings (SSSR count). The van der Waals surface area contributed by atoms with Crippen molar-refractivity contribution in [1.82, 2.24) is 10.3 Å². The summed E-state index contributed by atoms with van der Waals surface area (Å²) in [7, 11) is 3.08. The van der Waals surface area contributed by atoms with Crippen molar-refractivity contribution in [3.63, 3.8) is 0 Å². The Labute approximate surface area is 126 Å². The SMILES string of the molecule is C=C(C)C(=O)NCC(=O)OCCSSc1ccccn1. The van der Waals surface area contributed by atoms with Crippen molar-refractivity contribution in [2.24, 2.45) is 0 Å². The van der Waals surface area contributed by atoms with Gasteiger partial charge in [0.2, 0.25) is 5.91 Å². The van der Waals surface area contributed by atoms with Crippen molar-refractivity contribution in [3.8, 4) is 0 Å². The Morgan fingerprint density at radius 2 is 2.25 bits per heavy atom. The van der Waals surface area contributed by atoms with E-state index in [1.807, 2.05) is 18.2 Å². The lowest BCUT2D eigenvalue weighted by molar-refractivity contribution is -0.143. The van der Waals surface area contributed by atoms with Crippen LogP contribution in [0.15, 0.2) is 41.6 Å². The number of carbonyl (C=O) groups excluding carboxylic acids is 2. The zero-order valence-corrected chi connectivity index (χ0v) is 12.8. The Balaban J connectivity index is 2.05. The van der Waals surface area contributed by atoms with Crippen LogP contribution in [0.1, 0.15) is 6.92 Å². The Hall–Kier alpha value is -1.47. The van der Waals surface area contributed by atoms with E-state index in [4.69, 9.17) is 4.74 Å². The van der Waals surface area contributed by atoms with E-state index < -0.39 is 5.97 Å². The molecule has 0 spiro atoms. The summed E-state index contributed by atoms with van der Waals surface area (Å²) in [6.07, 6.45) is 1.73. The van der Waals surface area contributed by atoms with Gasteiger partial charge in [-0.3, -0.25) is 9.59 Å². The highest BCUT2D eigenvalue weighted by Gasteiger charge is 2.06. The molecule has 1 aromatic rings. The fraction of sp³-hybridized carbons (Fsp3) is 0.308. The highest BCUT2D eigenvalue weighted by Crippen LogP contribution is 2.28. The predicted molar refractivity (Wildman–Crippen MR) is 81.3 cm³/mol. The van der Waals surface area contributed by atoms with E-state index in [1.165, 1.54) is 10.8 Å². The number of esters is 1.